The second kappa shape index (κ2) is 5.17. The van der Waals surface area contributed by atoms with Crippen molar-refractivity contribution in [3.8, 4) is 11.5 Å². The summed E-state index contributed by atoms with van der Waals surface area (Å²) in [6.07, 6.45) is 0.702. The van der Waals surface area contributed by atoms with Gasteiger partial charge < -0.3 is 15.2 Å². The molecule has 0 saturated heterocycles. The number of fused-ring (bicyclic) bond motifs is 1. The predicted octanol–water partition coefficient (Wildman–Crippen LogP) is 3.53. The predicted molar refractivity (Wildman–Crippen MR) is 79.1 cm³/mol. The van der Waals surface area contributed by atoms with Crippen LogP contribution in [0.15, 0.2) is 42.5 Å². The summed E-state index contributed by atoms with van der Waals surface area (Å²) in [4.78, 5) is 0. The van der Waals surface area contributed by atoms with Crippen molar-refractivity contribution in [1.29, 1.82) is 0 Å². The first kappa shape index (κ1) is 13.0. The second-order valence-electron chi connectivity index (χ2n) is 5.23. The molecule has 1 heterocycles. The summed E-state index contributed by atoms with van der Waals surface area (Å²) in [6.45, 7) is 2.07. The first-order valence-electron chi connectivity index (χ1n) is 6.84. The van der Waals surface area contributed by atoms with E-state index in [0.717, 1.165) is 29.0 Å². The Morgan fingerprint density at radius 1 is 1.15 bits per heavy atom. The fourth-order valence-corrected chi connectivity index (χ4v) is 2.75. The molecule has 0 spiro atoms. The summed E-state index contributed by atoms with van der Waals surface area (Å²) in [5.41, 5.74) is 9.67. The van der Waals surface area contributed by atoms with Crippen LogP contribution < -0.4 is 15.2 Å². The molecule has 0 fully saturated rings. The topological polar surface area (TPSA) is 44.5 Å². The van der Waals surface area contributed by atoms with Crippen LogP contribution in [0.1, 0.15) is 35.3 Å². The molecule has 2 N–H and O–H groups in total. The lowest BCUT2D eigenvalue weighted by molar-refractivity contribution is 0.158. The van der Waals surface area contributed by atoms with Gasteiger partial charge in [0.15, 0.2) is 0 Å². The zero-order chi connectivity index (χ0) is 14.1. The van der Waals surface area contributed by atoms with Crippen LogP contribution in [0.2, 0.25) is 0 Å². The van der Waals surface area contributed by atoms with E-state index in [0.29, 0.717) is 0 Å². The van der Waals surface area contributed by atoms with Crippen molar-refractivity contribution in [2.45, 2.75) is 25.5 Å². The molecule has 0 saturated carbocycles. The number of para-hydroxylation sites is 1. The van der Waals surface area contributed by atoms with E-state index < -0.39 is 0 Å². The average molecular weight is 269 g/mol. The van der Waals surface area contributed by atoms with Gasteiger partial charge in [0.05, 0.1) is 7.11 Å². The van der Waals surface area contributed by atoms with Gasteiger partial charge in [-0.2, -0.15) is 0 Å². The number of methoxy groups -OCH3 is 1. The second-order valence-corrected chi connectivity index (χ2v) is 5.23. The molecule has 20 heavy (non-hydrogen) atoms. The number of rotatable bonds is 2. The minimum absolute atomic E-state index is 0.00596. The lowest BCUT2D eigenvalue weighted by atomic mass is 9.92. The van der Waals surface area contributed by atoms with Crippen molar-refractivity contribution < 1.29 is 9.47 Å². The van der Waals surface area contributed by atoms with Crippen LogP contribution in [0, 0.1) is 6.92 Å². The zero-order valence-electron chi connectivity index (χ0n) is 11.8. The molecule has 2 aromatic rings. The summed E-state index contributed by atoms with van der Waals surface area (Å²) < 4.78 is 11.5. The van der Waals surface area contributed by atoms with Gasteiger partial charge in [-0.15, -0.1) is 0 Å². The van der Waals surface area contributed by atoms with Gasteiger partial charge >= 0.3 is 0 Å². The molecule has 0 bridgehead atoms. The maximum Gasteiger partial charge on any atom is 0.129 e. The van der Waals surface area contributed by atoms with Gasteiger partial charge in [-0.05, 0) is 19.1 Å². The summed E-state index contributed by atoms with van der Waals surface area (Å²) in [6, 6.07) is 14.1. The molecule has 0 aliphatic carbocycles. The van der Waals surface area contributed by atoms with Crippen LogP contribution in [0.3, 0.4) is 0 Å². The van der Waals surface area contributed by atoms with Gasteiger partial charge in [0, 0.05) is 23.6 Å². The summed E-state index contributed by atoms with van der Waals surface area (Å²) in [5.74, 6) is 1.73. The number of benzene rings is 2. The SMILES string of the molecule is COc1ccccc1C1CC(N)c2cc(C)ccc2O1. The zero-order valence-corrected chi connectivity index (χ0v) is 11.8. The van der Waals surface area contributed by atoms with Crippen molar-refractivity contribution in [2.75, 3.05) is 7.11 Å². The minimum atomic E-state index is -0.0589. The van der Waals surface area contributed by atoms with Crippen molar-refractivity contribution >= 4 is 0 Å². The molecular weight excluding hydrogens is 250 g/mol. The maximum atomic E-state index is 6.31. The van der Waals surface area contributed by atoms with E-state index in [1.807, 2.05) is 30.3 Å². The molecule has 0 amide bonds. The first-order chi connectivity index (χ1) is 9.69. The molecule has 2 aromatic carbocycles. The van der Waals surface area contributed by atoms with Crippen LogP contribution >= 0.6 is 0 Å². The molecule has 3 heteroatoms. The highest BCUT2D eigenvalue weighted by molar-refractivity contribution is 5.43. The van der Waals surface area contributed by atoms with E-state index in [2.05, 4.69) is 19.1 Å². The van der Waals surface area contributed by atoms with E-state index in [-0.39, 0.29) is 12.1 Å². The Kier molecular flexibility index (Phi) is 3.36. The number of hydrogen-bond acceptors (Lipinski definition) is 3. The molecule has 1 aliphatic rings. The summed E-state index contributed by atoms with van der Waals surface area (Å²) in [7, 11) is 1.68. The highest BCUT2D eigenvalue weighted by Crippen LogP contribution is 2.42. The smallest absolute Gasteiger partial charge is 0.129 e. The van der Waals surface area contributed by atoms with Crippen LogP contribution in [0.5, 0.6) is 11.5 Å². The van der Waals surface area contributed by atoms with Crippen molar-refractivity contribution in [2.24, 2.45) is 5.73 Å². The Hall–Kier alpha value is -2.00. The first-order valence-corrected chi connectivity index (χ1v) is 6.84. The number of hydrogen-bond donors (Lipinski definition) is 1. The Morgan fingerprint density at radius 2 is 1.95 bits per heavy atom. The molecular formula is C17H19NO2. The van der Waals surface area contributed by atoms with E-state index in [1.54, 1.807) is 7.11 Å². The largest absolute Gasteiger partial charge is 0.496 e. The third kappa shape index (κ3) is 2.25. The van der Waals surface area contributed by atoms with E-state index >= 15 is 0 Å². The molecule has 0 radical (unpaired) electrons. The fourth-order valence-electron chi connectivity index (χ4n) is 2.75. The quantitative estimate of drug-likeness (QED) is 0.907. The van der Waals surface area contributed by atoms with Crippen LogP contribution in [0.4, 0.5) is 0 Å². The Balaban J connectivity index is 1.97. The van der Waals surface area contributed by atoms with Crippen LogP contribution in [-0.4, -0.2) is 7.11 Å². The Labute approximate surface area is 119 Å². The van der Waals surface area contributed by atoms with Crippen LogP contribution in [-0.2, 0) is 0 Å². The maximum absolute atomic E-state index is 6.31. The molecule has 104 valence electrons. The van der Waals surface area contributed by atoms with Crippen LogP contribution in [0.25, 0.3) is 0 Å². The molecule has 3 nitrogen and oxygen atoms in total. The Bertz CT molecular complexity index is 624. The summed E-state index contributed by atoms with van der Waals surface area (Å²) in [5, 5.41) is 0. The standard InChI is InChI=1S/C17H19NO2/c1-11-7-8-16-13(9-11)14(18)10-17(20-16)12-5-3-4-6-15(12)19-2/h3-9,14,17H,10,18H2,1-2H3. The number of aryl methyl sites for hydroxylation is 1. The average Bonchev–Trinajstić information content (AvgIpc) is 2.47. The highest BCUT2D eigenvalue weighted by Gasteiger charge is 2.28. The highest BCUT2D eigenvalue weighted by atomic mass is 16.5. The third-order valence-electron chi connectivity index (χ3n) is 3.79. The van der Waals surface area contributed by atoms with Crippen molar-refractivity contribution in [1.82, 2.24) is 0 Å². The molecule has 2 unspecified atom stereocenters. The van der Waals surface area contributed by atoms with Crippen molar-refractivity contribution in [3.05, 3.63) is 59.2 Å². The molecule has 1 aliphatic heterocycles. The van der Waals surface area contributed by atoms with E-state index in [4.69, 9.17) is 15.2 Å². The molecule has 0 aromatic heterocycles. The lowest BCUT2D eigenvalue weighted by Crippen LogP contribution is -2.24. The lowest BCUT2D eigenvalue weighted by Gasteiger charge is -2.31. The normalized spacial score (nSPS) is 20.9. The van der Waals surface area contributed by atoms with Gasteiger partial charge in [-0.1, -0.05) is 35.9 Å². The third-order valence-corrected chi connectivity index (χ3v) is 3.79. The Morgan fingerprint density at radius 3 is 2.75 bits per heavy atom. The number of nitrogens with two attached hydrogens (primary N) is 1. The summed E-state index contributed by atoms with van der Waals surface area (Å²) >= 11 is 0. The monoisotopic (exact) mass is 269 g/mol. The molecule has 3 rings (SSSR count). The van der Waals surface area contributed by atoms with Gasteiger partial charge in [0.25, 0.3) is 0 Å². The van der Waals surface area contributed by atoms with Gasteiger partial charge in [-0.3, -0.25) is 0 Å². The van der Waals surface area contributed by atoms with E-state index in [1.165, 1.54) is 5.56 Å². The minimum Gasteiger partial charge on any atom is -0.496 e. The van der Waals surface area contributed by atoms with Gasteiger partial charge in [0.2, 0.25) is 0 Å². The van der Waals surface area contributed by atoms with Gasteiger partial charge in [0.1, 0.15) is 17.6 Å². The molecule has 2 atom stereocenters. The van der Waals surface area contributed by atoms with Gasteiger partial charge in [-0.25, -0.2) is 0 Å². The van der Waals surface area contributed by atoms with E-state index in [9.17, 15) is 0 Å². The van der Waals surface area contributed by atoms with Crippen molar-refractivity contribution in [3.63, 3.8) is 0 Å². The number of ether oxygens (including phenoxy) is 2. The fraction of sp³-hybridized carbons (Fsp3) is 0.294.